The predicted octanol–water partition coefficient (Wildman–Crippen LogP) is 3.67. The molecule has 0 bridgehead atoms. The van der Waals surface area contributed by atoms with Crippen molar-refractivity contribution in [1.82, 2.24) is 0 Å². The van der Waals surface area contributed by atoms with Crippen LogP contribution in [0.25, 0.3) is 0 Å². The number of guanidine groups is 2. The predicted molar refractivity (Wildman–Crippen MR) is 122 cm³/mol. The monoisotopic (exact) mass is 404 g/mol. The lowest BCUT2D eigenvalue weighted by atomic mass is 9.87. The summed E-state index contributed by atoms with van der Waals surface area (Å²) in [6.07, 6.45) is 4.96. The third-order valence-electron chi connectivity index (χ3n) is 5.94. The summed E-state index contributed by atoms with van der Waals surface area (Å²) in [6.45, 7) is 3.97. The number of para-hydroxylation sites is 1. The second kappa shape index (κ2) is 7.82. The van der Waals surface area contributed by atoms with Gasteiger partial charge in [-0.1, -0.05) is 30.7 Å². The molecule has 1 heterocycles. The van der Waals surface area contributed by atoms with E-state index in [1.165, 1.54) is 6.42 Å². The molecule has 1 aliphatic heterocycles. The average molecular weight is 405 g/mol. The van der Waals surface area contributed by atoms with Gasteiger partial charge in [0, 0.05) is 16.9 Å². The van der Waals surface area contributed by atoms with Gasteiger partial charge >= 0.3 is 0 Å². The first-order chi connectivity index (χ1) is 14.4. The van der Waals surface area contributed by atoms with E-state index < -0.39 is 5.66 Å². The number of nitrogens with two attached hydrogens (primary N) is 2. The number of nitrogens with one attached hydrogen (secondary N) is 1. The summed E-state index contributed by atoms with van der Waals surface area (Å²) in [5.41, 5.74) is 16.0. The van der Waals surface area contributed by atoms with Gasteiger partial charge < -0.3 is 16.8 Å². The smallest absolute Gasteiger partial charge is 0.255 e. The highest BCUT2D eigenvalue weighted by Crippen LogP contribution is 2.39. The number of benzene rings is 2. The number of hydrogen-bond acceptors (Lipinski definition) is 6. The van der Waals surface area contributed by atoms with Crippen LogP contribution in [0, 0.1) is 13.8 Å². The Hall–Kier alpha value is -3.35. The maximum Gasteiger partial charge on any atom is 0.255 e. The molecule has 2 aliphatic rings. The van der Waals surface area contributed by atoms with Crippen LogP contribution in [0.1, 0.15) is 53.6 Å². The molecule has 156 valence electrons. The van der Waals surface area contributed by atoms with E-state index in [2.05, 4.69) is 10.3 Å². The molecule has 4 rings (SSSR count). The van der Waals surface area contributed by atoms with Gasteiger partial charge in [-0.05, 0) is 68.9 Å². The molecular weight excluding hydrogens is 376 g/mol. The molecule has 1 fully saturated rings. The fourth-order valence-corrected chi connectivity index (χ4v) is 4.48. The molecule has 0 aromatic heterocycles. The zero-order valence-corrected chi connectivity index (χ0v) is 17.5. The van der Waals surface area contributed by atoms with E-state index in [9.17, 15) is 4.79 Å². The molecule has 0 saturated heterocycles. The minimum Gasteiger partial charge on any atom is -0.369 e. The Morgan fingerprint density at radius 1 is 1.03 bits per heavy atom. The van der Waals surface area contributed by atoms with Crippen LogP contribution >= 0.6 is 0 Å². The third-order valence-corrected chi connectivity index (χ3v) is 5.94. The van der Waals surface area contributed by atoms with Crippen LogP contribution in [-0.4, -0.2) is 23.5 Å². The van der Waals surface area contributed by atoms with Crippen LogP contribution in [0.2, 0.25) is 0 Å². The van der Waals surface area contributed by atoms with Crippen molar-refractivity contribution < 1.29 is 4.79 Å². The number of amides is 1. The van der Waals surface area contributed by atoms with Gasteiger partial charge in [-0.15, -0.1) is 0 Å². The average Bonchev–Trinajstić information content (AvgIpc) is 2.71. The number of carbonyl (C=O) groups excluding carboxylic acids is 1. The molecule has 1 amide bonds. The lowest BCUT2D eigenvalue weighted by molar-refractivity contribution is 0.102. The minimum atomic E-state index is -0.532. The van der Waals surface area contributed by atoms with Gasteiger partial charge in [0.25, 0.3) is 5.91 Å². The van der Waals surface area contributed by atoms with Gasteiger partial charge in [0.05, 0.1) is 0 Å². The Kier molecular flexibility index (Phi) is 5.20. The SMILES string of the molecule is Cc1cccc(C)c1NC(=O)c1cccc(N2C(N)=NC(N)=NC23CCCCC3)c1. The fourth-order valence-electron chi connectivity index (χ4n) is 4.48. The van der Waals surface area contributed by atoms with E-state index in [-0.39, 0.29) is 11.9 Å². The zero-order valence-electron chi connectivity index (χ0n) is 17.5. The quantitative estimate of drug-likeness (QED) is 0.725. The van der Waals surface area contributed by atoms with Gasteiger partial charge in [-0.25, -0.2) is 4.99 Å². The summed E-state index contributed by atoms with van der Waals surface area (Å²) in [6, 6.07) is 13.4. The molecule has 0 unspecified atom stereocenters. The van der Waals surface area contributed by atoms with Crippen LogP contribution < -0.4 is 21.7 Å². The van der Waals surface area contributed by atoms with Crippen molar-refractivity contribution in [1.29, 1.82) is 0 Å². The molecule has 5 N–H and O–H groups in total. The molecule has 0 atom stereocenters. The second-order valence-corrected chi connectivity index (χ2v) is 8.09. The first-order valence-corrected chi connectivity index (χ1v) is 10.4. The Balaban J connectivity index is 1.67. The molecule has 7 nitrogen and oxygen atoms in total. The molecule has 1 aliphatic carbocycles. The number of rotatable bonds is 3. The van der Waals surface area contributed by atoms with E-state index in [1.807, 2.05) is 55.1 Å². The molecule has 2 aromatic carbocycles. The molecular formula is C23H28N6O. The van der Waals surface area contributed by atoms with Crippen LogP contribution in [0.15, 0.2) is 52.4 Å². The van der Waals surface area contributed by atoms with E-state index in [1.54, 1.807) is 6.07 Å². The van der Waals surface area contributed by atoms with Gasteiger partial charge in [0.2, 0.25) is 11.9 Å². The Bertz CT molecular complexity index is 1020. The van der Waals surface area contributed by atoms with Crippen LogP contribution in [-0.2, 0) is 0 Å². The first-order valence-electron chi connectivity index (χ1n) is 10.4. The summed E-state index contributed by atoms with van der Waals surface area (Å²) in [5, 5.41) is 3.05. The summed E-state index contributed by atoms with van der Waals surface area (Å²) < 4.78 is 0. The summed E-state index contributed by atoms with van der Waals surface area (Å²) in [4.78, 5) is 23.9. The summed E-state index contributed by atoms with van der Waals surface area (Å²) in [7, 11) is 0. The highest BCUT2D eigenvalue weighted by atomic mass is 16.1. The van der Waals surface area contributed by atoms with Crippen molar-refractivity contribution in [3.05, 3.63) is 59.2 Å². The summed E-state index contributed by atoms with van der Waals surface area (Å²) >= 11 is 0. The van der Waals surface area contributed by atoms with Gasteiger partial charge in [-0.2, -0.15) is 4.99 Å². The number of nitrogens with zero attached hydrogens (tertiary/aromatic N) is 3. The van der Waals surface area contributed by atoms with Crippen LogP contribution in [0.4, 0.5) is 11.4 Å². The third kappa shape index (κ3) is 3.63. The number of aliphatic imine (C=N–C) groups is 2. The first kappa shape index (κ1) is 19.9. The maximum absolute atomic E-state index is 13.0. The molecule has 2 aromatic rings. The molecule has 30 heavy (non-hydrogen) atoms. The number of anilines is 2. The Morgan fingerprint density at radius 2 is 1.70 bits per heavy atom. The van der Waals surface area contributed by atoms with Gasteiger partial charge in [-0.3, -0.25) is 9.69 Å². The fraction of sp³-hybridized carbons (Fsp3) is 0.348. The van der Waals surface area contributed by atoms with Crippen LogP contribution in [0.3, 0.4) is 0 Å². The highest BCUT2D eigenvalue weighted by Gasteiger charge is 2.42. The van der Waals surface area contributed by atoms with Crippen molar-refractivity contribution in [2.75, 3.05) is 10.2 Å². The number of aryl methyl sites for hydroxylation is 2. The minimum absolute atomic E-state index is 0.164. The second-order valence-electron chi connectivity index (χ2n) is 8.09. The maximum atomic E-state index is 13.0. The largest absolute Gasteiger partial charge is 0.369 e. The normalized spacial score (nSPS) is 18.0. The van der Waals surface area contributed by atoms with Gasteiger partial charge in [0.1, 0.15) is 5.66 Å². The van der Waals surface area contributed by atoms with Crippen molar-refractivity contribution in [3.8, 4) is 0 Å². The van der Waals surface area contributed by atoms with E-state index in [4.69, 9.17) is 16.5 Å². The van der Waals surface area contributed by atoms with E-state index in [0.717, 1.165) is 48.2 Å². The van der Waals surface area contributed by atoms with Crippen molar-refractivity contribution >= 4 is 29.2 Å². The molecule has 1 spiro atoms. The molecule has 7 heteroatoms. The standard InChI is InChI=1S/C23H28N6O/c1-15-8-6-9-16(2)19(15)26-20(30)17-10-7-11-18(14-17)29-22(25)27-21(24)28-23(29)12-4-3-5-13-23/h6-11,14H,3-5,12-13H2,1-2H3,(H,26,30)(H4,24,25,27,28). The molecule has 1 saturated carbocycles. The van der Waals surface area contributed by atoms with E-state index >= 15 is 0 Å². The Morgan fingerprint density at radius 3 is 2.40 bits per heavy atom. The Labute approximate surface area is 176 Å². The van der Waals surface area contributed by atoms with Crippen LogP contribution in [0.5, 0.6) is 0 Å². The molecule has 0 radical (unpaired) electrons. The lowest BCUT2D eigenvalue weighted by Crippen LogP contribution is -2.58. The van der Waals surface area contributed by atoms with Crippen molar-refractivity contribution in [2.45, 2.75) is 51.6 Å². The van der Waals surface area contributed by atoms with E-state index in [0.29, 0.717) is 11.5 Å². The van der Waals surface area contributed by atoms with Crippen molar-refractivity contribution in [2.24, 2.45) is 21.5 Å². The lowest BCUT2D eigenvalue weighted by Gasteiger charge is -2.45. The number of hydrogen-bond donors (Lipinski definition) is 3. The topological polar surface area (TPSA) is 109 Å². The number of carbonyl (C=O) groups is 1. The van der Waals surface area contributed by atoms with Gasteiger partial charge in [0.15, 0.2) is 0 Å². The highest BCUT2D eigenvalue weighted by molar-refractivity contribution is 6.08. The van der Waals surface area contributed by atoms with Crippen molar-refractivity contribution in [3.63, 3.8) is 0 Å². The zero-order chi connectivity index (χ0) is 21.3. The summed E-state index contributed by atoms with van der Waals surface area (Å²) in [5.74, 6) is 0.369.